The molecular weight excluding hydrogens is 250 g/mol. The van der Waals surface area contributed by atoms with Gasteiger partial charge in [-0.3, -0.25) is 10.1 Å². The predicted molar refractivity (Wildman–Crippen MR) is 72.1 cm³/mol. The topological polar surface area (TPSA) is 68.1 Å². The Morgan fingerprint density at radius 3 is 3.00 bits per heavy atom. The molecule has 0 fully saturated rings. The summed E-state index contributed by atoms with van der Waals surface area (Å²) in [5, 5.41) is 16.9. The van der Waals surface area contributed by atoms with Crippen LogP contribution in [0.25, 0.3) is 0 Å². The Bertz CT molecular complexity index is 554. The highest BCUT2D eigenvalue weighted by molar-refractivity contribution is 7.09. The minimum Gasteiger partial charge on any atom is -0.384 e. The van der Waals surface area contributed by atoms with E-state index in [9.17, 15) is 10.1 Å². The van der Waals surface area contributed by atoms with Gasteiger partial charge in [-0.2, -0.15) is 0 Å². The van der Waals surface area contributed by atoms with Gasteiger partial charge < -0.3 is 5.32 Å². The molecular formula is C12H13N3O2S. The van der Waals surface area contributed by atoms with Crippen LogP contribution < -0.4 is 5.32 Å². The van der Waals surface area contributed by atoms with Crippen molar-refractivity contribution in [2.75, 3.05) is 11.9 Å². The molecule has 0 spiro atoms. The van der Waals surface area contributed by atoms with Gasteiger partial charge >= 0.3 is 0 Å². The number of hydrogen-bond donors (Lipinski definition) is 1. The second-order valence-corrected chi connectivity index (χ2v) is 4.81. The first kappa shape index (κ1) is 12.5. The van der Waals surface area contributed by atoms with Crippen molar-refractivity contribution in [2.45, 2.75) is 13.3 Å². The van der Waals surface area contributed by atoms with Crippen LogP contribution in [0.4, 0.5) is 11.4 Å². The summed E-state index contributed by atoms with van der Waals surface area (Å²) in [7, 11) is 0. The summed E-state index contributed by atoms with van der Waals surface area (Å²) in [6.45, 7) is 2.68. The smallest absolute Gasteiger partial charge is 0.271 e. The lowest BCUT2D eigenvalue weighted by Crippen LogP contribution is -2.04. The molecule has 0 bridgehead atoms. The van der Waals surface area contributed by atoms with Gasteiger partial charge in [-0.25, -0.2) is 4.98 Å². The highest BCUT2D eigenvalue weighted by atomic mass is 32.1. The Kier molecular flexibility index (Phi) is 3.88. The molecule has 0 aliphatic heterocycles. The van der Waals surface area contributed by atoms with E-state index < -0.39 is 4.92 Å². The third kappa shape index (κ3) is 3.27. The first-order chi connectivity index (χ1) is 8.65. The maximum Gasteiger partial charge on any atom is 0.271 e. The summed E-state index contributed by atoms with van der Waals surface area (Å²) in [5.74, 6) is 0. The van der Waals surface area contributed by atoms with E-state index in [1.54, 1.807) is 17.4 Å². The van der Waals surface area contributed by atoms with Crippen molar-refractivity contribution in [1.29, 1.82) is 0 Å². The number of nitro benzene ring substituents is 1. The zero-order valence-corrected chi connectivity index (χ0v) is 10.7. The molecule has 1 aromatic heterocycles. The number of anilines is 1. The van der Waals surface area contributed by atoms with Crippen LogP contribution in [0.1, 0.15) is 10.7 Å². The fourth-order valence-corrected chi connectivity index (χ4v) is 2.34. The van der Waals surface area contributed by atoms with E-state index in [1.165, 1.54) is 12.1 Å². The number of nitro groups is 1. The summed E-state index contributed by atoms with van der Waals surface area (Å²) >= 11 is 1.63. The summed E-state index contributed by atoms with van der Waals surface area (Å²) in [5.41, 5.74) is 1.90. The van der Waals surface area contributed by atoms with Crippen molar-refractivity contribution >= 4 is 22.7 Å². The van der Waals surface area contributed by atoms with Crippen LogP contribution in [-0.2, 0) is 6.42 Å². The van der Waals surface area contributed by atoms with Crippen molar-refractivity contribution < 1.29 is 4.92 Å². The summed E-state index contributed by atoms with van der Waals surface area (Å²) in [4.78, 5) is 14.6. The molecule has 0 aliphatic rings. The molecule has 1 heterocycles. The quantitative estimate of drug-likeness (QED) is 0.665. The first-order valence-electron chi connectivity index (χ1n) is 5.54. The van der Waals surface area contributed by atoms with Crippen LogP contribution in [0.2, 0.25) is 0 Å². The van der Waals surface area contributed by atoms with E-state index in [1.807, 2.05) is 18.4 Å². The molecule has 2 rings (SSSR count). The SMILES string of the molecule is Cc1csc(CCNc2cccc([N+](=O)[O-])c2)n1. The van der Waals surface area contributed by atoms with E-state index in [2.05, 4.69) is 10.3 Å². The molecule has 2 aromatic rings. The van der Waals surface area contributed by atoms with Gasteiger partial charge in [0.15, 0.2) is 0 Å². The van der Waals surface area contributed by atoms with Crippen LogP contribution in [0.3, 0.4) is 0 Å². The highest BCUT2D eigenvalue weighted by Gasteiger charge is 2.05. The number of aromatic nitrogens is 1. The molecule has 18 heavy (non-hydrogen) atoms. The van der Waals surface area contributed by atoms with Crippen molar-refractivity contribution in [1.82, 2.24) is 4.98 Å². The molecule has 5 nitrogen and oxygen atoms in total. The Morgan fingerprint density at radius 1 is 1.50 bits per heavy atom. The molecule has 0 saturated heterocycles. The molecule has 0 amide bonds. The standard InChI is InChI=1S/C12H13N3O2S/c1-9-8-18-12(14-9)5-6-13-10-3-2-4-11(7-10)15(16)17/h2-4,7-8,13H,5-6H2,1H3. The monoisotopic (exact) mass is 263 g/mol. The zero-order valence-electron chi connectivity index (χ0n) is 9.92. The number of rotatable bonds is 5. The predicted octanol–water partition coefficient (Wildman–Crippen LogP) is 3.01. The number of nitrogens with one attached hydrogen (secondary N) is 1. The maximum atomic E-state index is 10.6. The molecule has 1 N–H and O–H groups in total. The molecule has 0 saturated carbocycles. The second kappa shape index (κ2) is 5.59. The number of aryl methyl sites for hydroxylation is 1. The number of benzene rings is 1. The molecule has 0 aliphatic carbocycles. The van der Waals surface area contributed by atoms with Crippen molar-refractivity contribution in [3.8, 4) is 0 Å². The Balaban J connectivity index is 1.90. The van der Waals surface area contributed by atoms with Crippen molar-refractivity contribution in [2.24, 2.45) is 0 Å². The van der Waals surface area contributed by atoms with Gasteiger partial charge in [0.25, 0.3) is 5.69 Å². The third-order valence-electron chi connectivity index (χ3n) is 2.39. The fraction of sp³-hybridized carbons (Fsp3) is 0.250. The highest BCUT2D eigenvalue weighted by Crippen LogP contribution is 2.17. The van der Waals surface area contributed by atoms with E-state index in [0.717, 1.165) is 22.8 Å². The van der Waals surface area contributed by atoms with Crippen LogP contribution in [0.5, 0.6) is 0 Å². The molecule has 94 valence electrons. The molecule has 1 aromatic carbocycles. The van der Waals surface area contributed by atoms with E-state index in [4.69, 9.17) is 0 Å². The van der Waals surface area contributed by atoms with Crippen LogP contribution in [-0.4, -0.2) is 16.5 Å². The van der Waals surface area contributed by atoms with Gasteiger partial charge in [0.1, 0.15) is 0 Å². The van der Waals surface area contributed by atoms with Crippen LogP contribution in [0, 0.1) is 17.0 Å². The lowest BCUT2D eigenvalue weighted by Gasteiger charge is -2.04. The number of non-ortho nitro benzene ring substituents is 1. The molecule has 6 heteroatoms. The van der Waals surface area contributed by atoms with Gasteiger partial charge in [0.05, 0.1) is 9.93 Å². The van der Waals surface area contributed by atoms with Crippen molar-refractivity contribution in [3.05, 3.63) is 50.5 Å². The van der Waals surface area contributed by atoms with Gasteiger partial charge in [-0.05, 0) is 13.0 Å². The maximum absolute atomic E-state index is 10.6. The number of nitrogens with zero attached hydrogens (tertiary/aromatic N) is 2. The largest absolute Gasteiger partial charge is 0.384 e. The minimum atomic E-state index is -0.393. The second-order valence-electron chi connectivity index (χ2n) is 3.87. The summed E-state index contributed by atoms with van der Waals surface area (Å²) in [6.07, 6.45) is 0.821. The Hall–Kier alpha value is -1.95. The number of hydrogen-bond acceptors (Lipinski definition) is 5. The average Bonchev–Trinajstić information content (AvgIpc) is 2.75. The van der Waals surface area contributed by atoms with E-state index in [-0.39, 0.29) is 5.69 Å². The van der Waals surface area contributed by atoms with Gasteiger partial charge in [-0.15, -0.1) is 11.3 Å². The zero-order chi connectivity index (χ0) is 13.0. The van der Waals surface area contributed by atoms with Gasteiger partial charge in [-0.1, -0.05) is 6.07 Å². The first-order valence-corrected chi connectivity index (χ1v) is 6.42. The lowest BCUT2D eigenvalue weighted by molar-refractivity contribution is -0.384. The number of thiazole rings is 1. The normalized spacial score (nSPS) is 10.3. The minimum absolute atomic E-state index is 0.102. The van der Waals surface area contributed by atoms with E-state index >= 15 is 0 Å². The van der Waals surface area contributed by atoms with Crippen molar-refractivity contribution in [3.63, 3.8) is 0 Å². The summed E-state index contributed by atoms with van der Waals surface area (Å²) in [6, 6.07) is 6.51. The third-order valence-corrected chi connectivity index (χ3v) is 3.42. The Morgan fingerprint density at radius 2 is 2.33 bits per heavy atom. The Labute approximate surface area is 109 Å². The molecule has 0 radical (unpaired) electrons. The average molecular weight is 263 g/mol. The lowest BCUT2D eigenvalue weighted by atomic mass is 10.3. The summed E-state index contributed by atoms with van der Waals surface area (Å²) < 4.78 is 0. The van der Waals surface area contributed by atoms with E-state index in [0.29, 0.717) is 6.54 Å². The molecule has 0 atom stereocenters. The van der Waals surface area contributed by atoms with Gasteiger partial charge in [0.2, 0.25) is 0 Å². The fourth-order valence-electron chi connectivity index (χ4n) is 1.56. The molecule has 0 unspecified atom stereocenters. The van der Waals surface area contributed by atoms with Crippen LogP contribution in [0.15, 0.2) is 29.6 Å². The van der Waals surface area contributed by atoms with Crippen LogP contribution >= 0.6 is 11.3 Å². The van der Waals surface area contributed by atoms with Gasteiger partial charge in [0, 0.05) is 41.9 Å².